The van der Waals surface area contributed by atoms with Crippen molar-refractivity contribution in [3.63, 3.8) is 0 Å². The maximum Gasteiger partial charge on any atom is 0.255 e. The largest absolute Gasteiger partial charge is 0.326 e. The van der Waals surface area contributed by atoms with Gasteiger partial charge < -0.3 is 10.6 Å². The summed E-state index contributed by atoms with van der Waals surface area (Å²) in [4.78, 5) is 23.5. The molecule has 0 radical (unpaired) electrons. The number of carbonyl (C=O) groups excluding carboxylic acids is 2. The van der Waals surface area contributed by atoms with Crippen LogP contribution in [0.15, 0.2) is 59.3 Å². The van der Waals surface area contributed by atoms with Crippen LogP contribution in [0.4, 0.5) is 15.8 Å². The summed E-state index contributed by atoms with van der Waals surface area (Å²) in [6, 6.07) is 10.7. The van der Waals surface area contributed by atoms with Gasteiger partial charge in [0.2, 0.25) is 5.91 Å². The highest BCUT2D eigenvalue weighted by Crippen LogP contribution is 2.21. The summed E-state index contributed by atoms with van der Waals surface area (Å²) < 4.78 is 16.4. The van der Waals surface area contributed by atoms with Crippen molar-refractivity contribution in [3.8, 4) is 5.69 Å². The predicted octanol–water partition coefficient (Wildman–Crippen LogP) is 3.98. The van der Waals surface area contributed by atoms with E-state index in [-0.39, 0.29) is 11.6 Å². The Bertz CT molecular complexity index is 970. The quantitative estimate of drug-likeness (QED) is 0.674. The number of halogens is 2. The molecule has 3 aromatic rings. The number of nitrogens with zero attached hydrogens (tertiary/aromatic N) is 2. The molecule has 0 fully saturated rings. The number of anilines is 2. The Balaban J connectivity index is 1.76. The molecule has 0 atom stereocenters. The first-order valence-electron chi connectivity index (χ1n) is 7.61. The van der Waals surface area contributed by atoms with Crippen LogP contribution in [0.1, 0.15) is 17.3 Å². The molecule has 0 aliphatic rings. The molecule has 6 nitrogen and oxygen atoms in total. The van der Waals surface area contributed by atoms with Gasteiger partial charge in [0.1, 0.15) is 5.82 Å². The zero-order chi connectivity index (χ0) is 18.7. The number of rotatable bonds is 4. The Morgan fingerprint density at radius 1 is 1.12 bits per heavy atom. The first kappa shape index (κ1) is 17.8. The monoisotopic (exact) mass is 416 g/mol. The second kappa shape index (κ2) is 7.49. The van der Waals surface area contributed by atoms with E-state index in [1.807, 2.05) is 0 Å². The summed E-state index contributed by atoms with van der Waals surface area (Å²) in [7, 11) is 0. The van der Waals surface area contributed by atoms with Gasteiger partial charge in [0.15, 0.2) is 0 Å². The second-order valence-electron chi connectivity index (χ2n) is 5.48. The standard InChI is InChI=1S/C18H14BrFN4O2/c1-11(25)22-14-4-7-16(20)17(8-14)23-18(26)12-2-5-15(6-3-12)24-10-13(19)9-21-24/h2-10H,1H3,(H,22,25)(H,23,26). The van der Waals surface area contributed by atoms with Crippen LogP contribution in [-0.4, -0.2) is 21.6 Å². The van der Waals surface area contributed by atoms with Crippen LogP contribution in [0.5, 0.6) is 0 Å². The highest BCUT2D eigenvalue weighted by atomic mass is 79.9. The van der Waals surface area contributed by atoms with E-state index in [4.69, 9.17) is 0 Å². The van der Waals surface area contributed by atoms with E-state index in [2.05, 4.69) is 31.7 Å². The molecular weight excluding hydrogens is 403 g/mol. The molecule has 132 valence electrons. The average molecular weight is 417 g/mol. The molecule has 0 saturated heterocycles. The molecule has 1 aromatic heterocycles. The van der Waals surface area contributed by atoms with E-state index in [9.17, 15) is 14.0 Å². The highest BCUT2D eigenvalue weighted by Gasteiger charge is 2.11. The lowest BCUT2D eigenvalue weighted by Crippen LogP contribution is -2.14. The molecule has 26 heavy (non-hydrogen) atoms. The van der Waals surface area contributed by atoms with Crippen LogP contribution in [0.3, 0.4) is 0 Å². The van der Waals surface area contributed by atoms with Crippen LogP contribution in [0.25, 0.3) is 5.69 Å². The number of aromatic nitrogens is 2. The number of amides is 2. The first-order valence-corrected chi connectivity index (χ1v) is 8.41. The van der Waals surface area contributed by atoms with E-state index in [0.29, 0.717) is 11.3 Å². The maximum absolute atomic E-state index is 13.9. The lowest BCUT2D eigenvalue weighted by atomic mass is 10.2. The fourth-order valence-electron chi connectivity index (χ4n) is 2.30. The van der Waals surface area contributed by atoms with Crippen molar-refractivity contribution in [1.82, 2.24) is 9.78 Å². The summed E-state index contributed by atoms with van der Waals surface area (Å²) in [5, 5.41) is 9.21. The molecule has 0 bridgehead atoms. The van der Waals surface area contributed by atoms with Crippen molar-refractivity contribution in [1.29, 1.82) is 0 Å². The molecular formula is C18H14BrFN4O2. The highest BCUT2D eigenvalue weighted by molar-refractivity contribution is 9.10. The Hall–Kier alpha value is -3.00. The number of benzene rings is 2. The molecule has 0 saturated carbocycles. The van der Waals surface area contributed by atoms with Gasteiger partial charge in [0, 0.05) is 24.4 Å². The minimum atomic E-state index is -0.592. The zero-order valence-corrected chi connectivity index (χ0v) is 15.2. The van der Waals surface area contributed by atoms with Crippen LogP contribution in [0.2, 0.25) is 0 Å². The molecule has 0 spiro atoms. The summed E-state index contributed by atoms with van der Waals surface area (Å²) in [5.41, 5.74) is 1.53. The Morgan fingerprint density at radius 3 is 2.46 bits per heavy atom. The van der Waals surface area contributed by atoms with Crippen LogP contribution >= 0.6 is 15.9 Å². The van der Waals surface area contributed by atoms with Crippen LogP contribution < -0.4 is 10.6 Å². The second-order valence-corrected chi connectivity index (χ2v) is 6.40. The summed E-state index contributed by atoms with van der Waals surface area (Å²) in [6.45, 7) is 1.35. The minimum absolute atomic E-state index is 0.0127. The van der Waals surface area contributed by atoms with Crippen molar-refractivity contribution < 1.29 is 14.0 Å². The van der Waals surface area contributed by atoms with Gasteiger partial charge in [-0.3, -0.25) is 9.59 Å². The normalized spacial score (nSPS) is 10.4. The maximum atomic E-state index is 13.9. The summed E-state index contributed by atoms with van der Waals surface area (Å²) in [6.07, 6.45) is 3.45. The van der Waals surface area contributed by atoms with Crippen molar-refractivity contribution in [2.24, 2.45) is 0 Å². The fourth-order valence-corrected chi connectivity index (χ4v) is 2.59. The third-order valence-electron chi connectivity index (χ3n) is 3.48. The fraction of sp³-hybridized carbons (Fsp3) is 0.0556. The lowest BCUT2D eigenvalue weighted by molar-refractivity contribution is -0.114. The van der Waals surface area contributed by atoms with E-state index < -0.39 is 11.7 Å². The van der Waals surface area contributed by atoms with E-state index >= 15 is 0 Å². The van der Waals surface area contributed by atoms with Gasteiger partial charge in [-0.1, -0.05) is 0 Å². The van der Waals surface area contributed by atoms with Crippen molar-refractivity contribution in [2.75, 3.05) is 10.6 Å². The lowest BCUT2D eigenvalue weighted by Gasteiger charge is -2.10. The third-order valence-corrected chi connectivity index (χ3v) is 3.89. The molecule has 0 unspecified atom stereocenters. The first-order chi connectivity index (χ1) is 12.4. The topological polar surface area (TPSA) is 76.0 Å². The SMILES string of the molecule is CC(=O)Nc1ccc(F)c(NC(=O)c2ccc(-n3cc(Br)cn3)cc2)c1. The van der Waals surface area contributed by atoms with Crippen molar-refractivity contribution in [3.05, 3.63) is 70.7 Å². The smallest absolute Gasteiger partial charge is 0.255 e. The van der Waals surface area contributed by atoms with Gasteiger partial charge in [0.25, 0.3) is 5.91 Å². The van der Waals surface area contributed by atoms with Gasteiger partial charge in [-0.05, 0) is 58.4 Å². The Morgan fingerprint density at radius 2 is 1.85 bits per heavy atom. The molecule has 1 heterocycles. The number of hydrogen-bond acceptors (Lipinski definition) is 3. The van der Waals surface area contributed by atoms with Gasteiger partial charge in [-0.25, -0.2) is 9.07 Å². The van der Waals surface area contributed by atoms with Crippen LogP contribution in [-0.2, 0) is 4.79 Å². The van der Waals surface area contributed by atoms with E-state index in [1.165, 1.54) is 25.1 Å². The molecule has 3 rings (SSSR count). The minimum Gasteiger partial charge on any atom is -0.326 e. The average Bonchev–Trinajstić information content (AvgIpc) is 3.04. The van der Waals surface area contributed by atoms with Gasteiger partial charge in [0.05, 0.1) is 22.0 Å². The molecule has 2 aromatic carbocycles. The van der Waals surface area contributed by atoms with E-state index in [1.54, 1.807) is 41.3 Å². The summed E-state index contributed by atoms with van der Waals surface area (Å²) >= 11 is 3.32. The number of hydrogen-bond donors (Lipinski definition) is 2. The molecule has 8 heteroatoms. The molecule has 0 aliphatic carbocycles. The van der Waals surface area contributed by atoms with Crippen molar-refractivity contribution >= 4 is 39.1 Å². The Labute approximate surface area is 157 Å². The molecule has 0 aliphatic heterocycles. The number of carbonyl (C=O) groups is 2. The Kier molecular flexibility index (Phi) is 5.13. The van der Waals surface area contributed by atoms with Crippen LogP contribution in [0, 0.1) is 5.82 Å². The number of nitrogens with one attached hydrogen (secondary N) is 2. The zero-order valence-electron chi connectivity index (χ0n) is 13.7. The molecule has 2 N–H and O–H groups in total. The van der Waals surface area contributed by atoms with Gasteiger partial charge >= 0.3 is 0 Å². The predicted molar refractivity (Wildman–Crippen MR) is 99.9 cm³/mol. The summed E-state index contributed by atoms with van der Waals surface area (Å²) in [5.74, 6) is -1.34. The van der Waals surface area contributed by atoms with Crippen molar-refractivity contribution in [2.45, 2.75) is 6.92 Å². The third kappa shape index (κ3) is 4.15. The van der Waals surface area contributed by atoms with Gasteiger partial charge in [-0.2, -0.15) is 5.10 Å². The molecule has 2 amide bonds. The van der Waals surface area contributed by atoms with Gasteiger partial charge in [-0.15, -0.1) is 0 Å². The van der Waals surface area contributed by atoms with E-state index in [0.717, 1.165) is 10.2 Å².